The molecule has 0 atom stereocenters. The van der Waals surface area contributed by atoms with Crippen molar-refractivity contribution in [2.45, 2.75) is 6.54 Å². The highest BCUT2D eigenvalue weighted by Gasteiger charge is 2.18. The molecule has 0 spiro atoms. The quantitative estimate of drug-likeness (QED) is 0.325. The molecule has 1 aromatic rings. The van der Waals surface area contributed by atoms with Crippen LogP contribution in [0.3, 0.4) is 0 Å². The number of thioether (sulfide) groups is 1. The highest BCUT2D eigenvalue weighted by atomic mass is 32.2. The summed E-state index contributed by atoms with van der Waals surface area (Å²) in [6.45, 7) is 4.62. The first-order valence-corrected chi connectivity index (χ1v) is 7.02. The van der Waals surface area contributed by atoms with Crippen LogP contribution in [-0.4, -0.2) is 27.9 Å². The maximum Gasteiger partial charge on any atom is 0.280 e. The summed E-state index contributed by atoms with van der Waals surface area (Å²) >= 11 is 1.70. The molecule has 0 bridgehead atoms. The minimum Gasteiger partial charge on any atom is -0.312 e. The van der Waals surface area contributed by atoms with E-state index in [-0.39, 0.29) is 11.4 Å². The maximum atomic E-state index is 10.9. The van der Waals surface area contributed by atoms with Gasteiger partial charge in [0.2, 0.25) is 0 Å². The van der Waals surface area contributed by atoms with Crippen LogP contribution in [0.1, 0.15) is 5.56 Å². The van der Waals surface area contributed by atoms with Gasteiger partial charge in [0.05, 0.1) is 15.9 Å². The second-order valence-corrected chi connectivity index (χ2v) is 5.02. The van der Waals surface area contributed by atoms with Crippen molar-refractivity contribution in [3.05, 3.63) is 56.6 Å². The average Bonchev–Trinajstić information content (AvgIpc) is 2.42. The lowest BCUT2D eigenvalue weighted by Crippen LogP contribution is -2.17. The zero-order valence-electron chi connectivity index (χ0n) is 10.8. The first kappa shape index (κ1) is 16.1. The number of nitro groups is 2. The molecule has 0 aliphatic heterocycles. The van der Waals surface area contributed by atoms with Crippen LogP contribution >= 0.6 is 11.8 Å². The molecule has 7 nitrogen and oxygen atoms in total. The number of rotatable bonds is 9. The van der Waals surface area contributed by atoms with E-state index in [4.69, 9.17) is 0 Å². The van der Waals surface area contributed by atoms with Gasteiger partial charge in [0.15, 0.2) is 0 Å². The summed E-state index contributed by atoms with van der Waals surface area (Å²) in [4.78, 5) is 20.3. The Bertz CT molecular complexity index is 507. The zero-order chi connectivity index (χ0) is 15.0. The second-order valence-electron chi connectivity index (χ2n) is 3.87. The number of nitro benzene ring substituents is 2. The third-order valence-electron chi connectivity index (χ3n) is 2.45. The standard InChI is InChI=1S/C12H15N3O4S/c1-2-6-20-7-5-13-9-10-3-4-11(14(16)17)8-12(10)15(18)19/h2-4,8,13H,1,5-7,9H2. The van der Waals surface area contributed by atoms with Crippen LogP contribution in [-0.2, 0) is 6.54 Å². The largest absolute Gasteiger partial charge is 0.312 e. The second kappa shape index (κ2) is 8.28. The summed E-state index contributed by atoms with van der Waals surface area (Å²) in [5.41, 5.74) is -0.0678. The highest BCUT2D eigenvalue weighted by molar-refractivity contribution is 7.99. The molecule has 0 radical (unpaired) electrons. The Morgan fingerprint density at radius 3 is 2.65 bits per heavy atom. The predicted octanol–water partition coefficient (Wildman–Crippen LogP) is 2.51. The van der Waals surface area contributed by atoms with Crippen LogP contribution in [0.5, 0.6) is 0 Å². The monoisotopic (exact) mass is 297 g/mol. The molecule has 0 aliphatic carbocycles. The van der Waals surface area contributed by atoms with E-state index in [0.29, 0.717) is 18.7 Å². The molecular weight excluding hydrogens is 282 g/mol. The Balaban J connectivity index is 2.62. The fourth-order valence-corrected chi connectivity index (χ4v) is 2.14. The van der Waals surface area contributed by atoms with Gasteiger partial charge in [-0.15, -0.1) is 6.58 Å². The molecule has 0 unspecified atom stereocenters. The summed E-state index contributed by atoms with van der Waals surface area (Å²) in [5.74, 6) is 1.73. The van der Waals surface area contributed by atoms with Crippen LogP contribution in [0.2, 0.25) is 0 Å². The van der Waals surface area contributed by atoms with Gasteiger partial charge in [-0.05, 0) is 6.07 Å². The van der Waals surface area contributed by atoms with Gasteiger partial charge in [-0.1, -0.05) is 6.08 Å². The summed E-state index contributed by atoms with van der Waals surface area (Å²) in [6.07, 6.45) is 1.81. The Morgan fingerprint density at radius 2 is 2.05 bits per heavy atom. The van der Waals surface area contributed by atoms with Crippen LogP contribution in [0, 0.1) is 20.2 Å². The molecule has 108 valence electrons. The summed E-state index contributed by atoms with van der Waals surface area (Å²) < 4.78 is 0. The normalized spacial score (nSPS) is 10.2. The molecule has 1 rings (SSSR count). The fraction of sp³-hybridized carbons (Fsp3) is 0.333. The van der Waals surface area contributed by atoms with E-state index in [1.165, 1.54) is 12.1 Å². The Hall–Kier alpha value is -1.93. The minimum absolute atomic E-state index is 0.231. The smallest absolute Gasteiger partial charge is 0.280 e. The van der Waals surface area contributed by atoms with Crippen molar-refractivity contribution in [2.24, 2.45) is 0 Å². The summed E-state index contributed by atoms with van der Waals surface area (Å²) in [7, 11) is 0. The van der Waals surface area contributed by atoms with Crippen molar-refractivity contribution < 1.29 is 9.85 Å². The molecule has 0 saturated carbocycles. The van der Waals surface area contributed by atoms with Crippen molar-refractivity contribution in [3.8, 4) is 0 Å². The summed E-state index contributed by atoms with van der Waals surface area (Å²) in [6, 6.07) is 3.68. The van der Waals surface area contributed by atoms with E-state index in [0.717, 1.165) is 17.6 Å². The molecule has 8 heteroatoms. The van der Waals surface area contributed by atoms with Crippen LogP contribution in [0.15, 0.2) is 30.9 Å². The molecule has 0 amide bonds. The number of benzene rings is 1. The molecule has 0 heterocycles. The Labute approximate surface area is 120 Å². The lowest BCUT2D eigenvalue weighted by molar-refractivity contribution is -0.394. The van der Waals surface area contributed by atoms with Crippen LogP contribution in [0.4, 0.5) is 11.4 Å². The van der Waals surface area contributed by atoms with Gasteiger partial charge in [0.1, 0.15) is 0 Å². The van der Waals surface area contributed by atoms with Gasteiger partial charge in [0.25, 0.3) is 11.4 Å². The first-order chi connectivity index (χ1) is 9.56. The third kappa shape index (κ3) is 4.98. The number of non-ortho nitro benzene ring substituents is 1. The zero-order valence-corrected chi connectivity index (χ0v) is 11.6. The topological polar surface area (TPSA) is 98.3 Å². The fourth-order valence-electron chi connectivity index (χ4n) is 1.52. The average molecular weight is 297 g/mol. The van der Waals surface area contributed by atoms with Gasteiger partial charge in [0, 0.05) is 36.2 Å². The van der Waals surface area contributed by atoms with E-state index in [9.17, 15) is 20.2 Å². The van der Waals surface area contributed by atoms with E-state index in [1.807, 2.05) is 6.08 Å². The maximum absolute atomic E-state index is 10.9. The third-order valence-corrected chi connectivity index (χ3v) is 3.41. The number of hydrogen-bond donors (Lipinski definition) is 1. The van der Waals surface area contributed by atoms with Crippen molar-refractivity contribution in [2.75, 3.05) is 18.1 Å². The molecule has 0 fully saturated rings. The first-order valence-electron chi connectivity index (χ1n) is 5.87. The molecule has 20 heavy (non-hydrogen) atoms. The number of nitrogens with zero attached hydrogens (tertiary/aromatic N) is 2. The van der Waals surface area contributed by atoms with E-state index < -0.39 is 9.85 Å². The Morgan fingerprint density at radius 1 is 1.30 bits per heavy atom. The van der Waals surface area contributed by atoms with Gasteiger partial charge in [-0.25, -0.2) is 0 Å². The van der Waals surface area contributed by atoms with E-state index in [1.54, 1.807) is 11.8 Å². The Kier molecular flexibility index (Phi) is 6.68. The van der Waals surface area contributed by atoms with E-state index >= 15 is 0 Å². The van der Waals surface area contributed by atoms with Gasteiger partial charge in [-0.3, -0.25) is 20.2 Å². The van der Waals surface area contributed by atoms with E-state index in [2.05, 4.69) is 11.9 Å². The minimum atomic E-state index is -0.643. The van der Waals surface area contributed by atoms with Crippen molar-refractivity contribution in [1.82, 2.24) is 5.32 Å². The molecular formula is C12H15N3O4S. The lowest BCUT2D eigenvalue weighted by Gasteiger charge is -2.05. The van der Waals surface area contributed by atoms with Crippen molar-refractivity contribution >= 4 is 23.1 Å². The molecule has 0 aromatic heterocycles. The molecule has 1 N–H and O–H groups in total. The van der Waals surface area contributed by atoms with Crippen LogP contribution < -0.4 is 5.32 Å². The van der Waals surface area contributed by atoms with Crippen LogP contribution in [0.25, 0.3) is 0 Å². The number of nitrogens with one attached hydrogen (secondary N) is 1. The van der Waals surface area contributed by atoms with Gasteiger partial charge in [-0.2, -0.15) is 11.8 Å². The van der Waals surface area contributed by atoms with Gasteiger partial charge >= 0.3 is 0 Å². The van der Waals surface area contributed by atoms with Gasteiger partial charge < -0.3 is 5.32 Å². The molecule has 0 saturated heterocycles. The molecule has 1 aromatic carbocycles. The van der Waals surface area contributed by atoms with Crippen molar-refractivity contribution in [1.29, 1.82) is 0 Å². The SMILES string of the molecule is C=CCSCCNCc1ccc([N+](=O)[O-])cc1[N+](=O)[O-]. The highest BCUT2D eigenvalue weighted by Crippen LogP contribution is 2.24. The number of hydrogen-bond acceptors (Lipinski definition) is 6. The lowest BCUT2D eigenvalue weighted by atomic mass is 10.1. The molecule has 0 aliphatic rings. The predicted molar refractivity (Wildman–Crippen MR) is 79.0 cm³/mol. The summed E-state index contributed by atoms with van der Waals surface area (Å²) in [5, 5.41) is 24.6. The van der Waals surface area contributed by atoms with Crippen molar-refractivity contribution in [3.63, 3.8) is 0 Å².